The van der Waals surface area contributed by atoms with E-state index in [1.54, 1.807) is 11.3 Å². The molecule has 1 amide bonds. The normalized spacial score (nSPS) is 30.0. The Morgan fingerprint density at radius 3 is 2.81 bits per heavy atom. The Balaban J connectivity index is 1.61. The molecule has 1 saturated carbocycles. The van der Waals surface area contributed by atoms with Gasteiger partial charge in [0.1, 0.15) is 11.7 Å². The van der Waals surface area contributed by atoms with E-state index in [-0.39, 0.29) is 17.7 Å². The number of carbonyl (C=O) groups is 1. The highest BCUT2D eigenvalue weighted by atomic mass is 32.1. The molecule has 1 aromatic rings. The van der Waals surface area contributed by atoms with Gasteiger partial charge in [0.05, 0.1) is 0 Å². The van der Waals surface area contributed by atoms with Crippen LogP contribution in [0.2, 0.25) is 0 Å². The maximum absolute atomic E-state index is 12.9. The number of carbonyl (C=O) groups excluding carboxylic acids is 1. The summed E-state index contributed by atoms with van der Waals surface area (Å²) < 4.78 is 5.47. The Morgan fingerprint density at radius 2 is 2.19 bits per heavy atom. The van der Waals surface area contributed by atoms with Crippen molar-refractivity contribution in [2.45, 2.75) is 50.4 Å². The van der Waals surface area contributed by atoms with Crippen molar-refractivity contribution in [1.29, 1.82) is 0 Å². The molecule has 1 aromatic heterocycles. The molecule has 21 heavy (non-hydrogen) atoms. The van der Waals surface area contributed by atoms with Gasteiger partial charge < -0.3 is 9.64 Å². The summed E-state index contributed by atoms with van der Waals surface area (Å²) in [6.45, 7) is 3.88. The second-order valence-electron chi connectivity index (χ2n) is 6.59. The summed E-state index contributed by atoms with van der Waals surface area (Å²) in [6.07, 6.45) is 4.17. The lowest BCUT2D eigenvalue weighted by Gasteiger charge is -2.37. The van der Waals surface area contributed by atoms with E-state index in [4.69, 9.17) is 4.74 Å². The minimum absolute atomic E-state index is 0.0593. The van der Waals surface area contributed by atoms with Crippen LogP contribution in [-0.4, -0.2) is 35.6 Å². The van der Waals surface area contributed by atoms with Crippen LogP contribution in [-0.2, 0) is 9.53 Å². The largest absolute Gasteiger partial charge is 0.381 e. The van der Waals surface area contributed by atoms with Gasteiger partial charge in [-0.15, -0.1) is 0 Å². The van der Waals surface area contributed by atoms with Crippen LogP contribution in [0.3, 0.4) is 0 Å². The smallest absolute Gasteiger partial charge is 0.244 e. The summed E-state index contributed by atoms with van der Waals surface area (Å²) in [4.78, 5) is 15.0. The number of nitrogens with one attached hydrogen (secondary N) is 1. The van der Waals surface area contributed by atoms with Crippen LogP contribution in [0.1, 0.15) is 44.3 Å². The second-order valence-corrected chi connectivity index (χ2v) is 7.37. The molecule has 1 aliphatic carbocycles. The Kier molecular flexibility index (Phi) is 3.32. The number of amides is 1. The molecule has 2 unspecified atom stereocenters. The first-order valence-corrected chi connectivity index (χ1v) is 8.86. The van der Waals surface area contributed by atoms with Gasteiger partial charge in [0.25, 0.3) is 0 Å². The fraction of sp³-hybridized carbons (Fsp3) is 0.688. The first-order valence-electron chi connectivity index (χ1n) is 7.92. The molecule has 1 spiro atoms. The molecular formula is C16H22N2O2S. The Morgan fingerprint density at radius 1 is 1.43 bits per heavy atom. The van der Waals surface area contributed by atoms with Crippen molar-refractivity contribution >= 4 is 17.2 Å². The van der Waals surface area contributed by atoms with E-state index >= 15 is 0 Å². The maximum atomic E-state index is 12.9. The maximum Gasteiger partial charge on any atom is 0.244 e. The lowest BCUT2D eigenvalue weighted by molar-refractivity contribution is -0.134. The molecule has 3 aliphatic rings. The van der Waals surface area contributed by atoms with Gasteiger partial charge in [-0.1, -0.05) is 0 Å². The van der Waals surface area contributed by atoms with Crippen molar-refractivity contribution < 1.29 is 9.53 Å². The van der Waals surface area contributed by atoms with Crippen molar-refractivity contribution in [3.63, 3.8) is 0 Å². The fourth-order valence-electron chi connectivity index (χ4n) is 3.76. The van der Waals surface area contributed by atoms with Gasteiger partial charge in [0, 0.05) is 19.3 Å². The van der Waals surface area contributed by atoms with Gasteiger partial charge in [0.15, 0.2) is 0 Å². The zero-order valence-corrected chi connectivity index (χ0v) is 13.2. The van der Waals surface area contributed by atoms with Crippen LogP contribution < -0.4 is 5.32 Å². The third-order valence-corrected chi connectivity index (χ3v) is 6.03. The summed E-state index contributed by atoms with van der Waals surface area (Å²) in [7, 11) is 0. The minimum atomic E-state index is -0.244. The second kappa shape index (κ2) is 5.07. The van der Waals surface area contributed by atoms with E-state index in [0.717, 1.165) is 38.9 Å². The first-order chi connectivity index (χ1) is 10.2. The molecule has 3 heterocycles. The summed E-state index contributed by atoms with van der Waals surface area (Å²) in [5.41, 5.74) is 0.988. The third kappa shape index (κ3) is 2.22. The molecular weight excluding hydrogens is 284 g/mol. The number of thiophene rings is 1. The molecule has 0 radical (unpaired) electrons. The predicted molar refractivity (Wildman–Crippen MR) is 82.0 cm³/mol. The predicted octanol–water partition coefficient (Wildman–Crippen LogP) is 2.53. The average Bonchev–Trinajstić information content (AvgIpc) is 2.98. The highest BCUT2D eigenvalue weighted by molar-refractivity contribution is 7.08. The number of rotatable bonds is 3. The summed E-state index contributed by atoms with van der Waals surface area (Å²) in [5.74, 6) is 0.872. The SMILES string of the molecule is CC(C1CCOCC1)N1C(=O)C2(CC2)NC1c1ccsc1. The van der Waals surface area contributed by atoms with Gasteiger partial charge >= 0.3 is 0 Å². The molecule has 2 atom stereocenters. The molecule has 3 fully saturated rings. The number of nitrogens with zero attached hydrogens (tertiary/aromatic N) is 1. The van der Waals surface area contributed by atoms with Gasteiger partial charge in [-0.25, -0.2) is 0 Å². The summed E-state index contributed by atoms with van der Waals surface area (Å²) in [5, 5.41) is 7.87. The Labute approximate surface area is 129 Å². The van der Waals surface area contributed by atoms with Crippen LogP contribution in [0.4, 0.5) is 0 Å². The number of hydrogen-bond acceptors (Lipinski definition) is 4. The monoisotopic (exact) mass is 306 g/mol. The van der Waals surface area contributed by atoms with Crippen molar-refractivity contribution in [3.8, 4) is 0 Å². The van der Waals surface area contributed by atoms with Crippen molar-refractivity contribution in [1.82, 2.24) is 10.2 Å². The van der Waals surface area contributed by atoms with E-state index in [2.05, 4.69) is 34.0 Å². The van der Waals surface area contributed by atoms with Crippen LogP contribution in [0.15, 0.2) is 16.8 Å². The molecule has 0 aromatic carbocycles. The third-order valence-electron chi connectivity index (χ3n) is 5.33. The first kappa shape index (κ1) is 13.7. The highest BCUT2D eigenvalue weighted by Gasteiger charge is 2.60. The van der Waals surface area contributed by atoms with Gasteiger partial charge in [0.2, 0.25) is 5.91 Å². The molecule has 2 saturated heterocycles. The topological polar surface area (TPSA) is 41.6 Å². The van der Waals surface area contributed by atoms with Crippen LogP contribution in [0, 0.1) is 5.92 Å². The quantitative estimate of drug-likeness (QED) is 0.933. The van der Waals surface area contributed by atoms with E-state index in [1.807, 2.05) is 0 Å². The standard InChI is InChI=1S/C16H22N2O2S/c1-11(12-2-7-20-8-3-12)18-14(13-4-9-21-10-13)17-16(5-6-16)15(18)19/h4,9-12,14,17H,2-3,5-8H2,1H3. The van der Waals surface area contributed by atoms with Crippen molar-refractivity contribution in [2.24, 2.45) is 5.92 Å². The van der Waals surface area contributed by atoms with E-state index in [9.17, 15) is 4.79 Å². The average molecular weight is 306 g/mol. The zero-order chi connectivity index (χ0) is 14.4. The van der Waals surface area contributed by atoms with Crippen molar-refractivity contribution in [3.05, 3.63) is 22.4 Å². The molecule has 5 heteroatoms. The van der Waals surface area contributed by atoms with Crippen molar-refractivity contribution in [2.75, 3.05) is 13.2 Å². The van der Waals surface area contributed by atoms with Crippen LogP contribution in [0.25, 0.3) is 0 Å². The molecule has 4 nitrogen and oxygen atoms in total. The van der Waals surface area contributed by atoms with Gasteiger partial charge in [-0.3, -0.25) is 10.1 Å². The molecule has 114 valence electrons. The number of hydrogen-bond donors (Lipinski definition) is 1. The number of ether oxygens (including phenoxy) is 1. The molecule has 0 bridgehead atoms. The van der Waals surface area contributed by atoms with Gasteiger partial charge in [-0.05, 0) is 60.9 Å². The summed E-state index contributed by atoms with van der Waals surface area (Å²) >= 11 is 1.70. The summed E-state index contributed by atoms with van der Waals surface area (Å²) in [6, 6.07) is 2.42. The zero-order valence-electron chi connectivity index (χ0n) is 12.4. The molecule has 4 rings (SSSR count). The van der Waals surface area contributed by atoms with Gasteiger partial charge in [-0.2, -0.15) is 11.3 Å². The molecule has 1 N–H and O–H groups in total. The van der Waals surface area contributed by atoms with E-state index in [0.29, 0.717) is 11.8 Å². The highest BCUT2D eigenvalue weighted by Crippen LogP contribution is 2.48. The molecule has 2 aliphatic heterocycles. The van der Waals surface area contributed by atoms with E-state index in [1.165, 1.54) is 5.56 Å². The lowest BCUT2D eigenvalue weighted by Crippen LogP contribution is -2.44. The van der Waals surface area contributed by atoms with Crippen LogP contribution in [0.5, 0.6) is 0 Å². The lowest BCUT2D eigenvalue weighted by atomic mass is 9.91. The fourth-order valence-corrected chi connectivity index (χ4v) is 4.44. The van der Waals surface area contributed by atoms with Crippen LogP contribution >= 0.6 is 11.3 Å². The Bertz CT molecular complexity index is 520. The Hall–Kier alpha value is -0.910. The van der Waals surface area contributed by atoms with E-state index < -0.39 is 0 Å². The minimum Gasteiger partial charge on any atom is -0.381 e.